The molecule has 1 unspecified atom stereocenters. The van der Waals surface area contributed by atoms with Crippen molar-refractivity contribution in [3.8, 4) is 0 Å². The molecule has 0 bridgehead atoms. The summed E-state index contributed by atoms with van der Waals surface area (Å²) in [6.07, 6.45) is 2.54. The van der Waals surface area contributed by atoms with Gasteiger partial charge in [-0.25, -0.2) is 0 Å². The maximum Gasteiger partial charge on any atom is 0.269 e. The van der Waals surface area contributed by atoms with Crippen molar-refractivity contribution in [2.24, 2.45) is 0 Å². The van der Waals surface area contributed by atoms with Crippen molar-refractivity contribution in [2.75, 3.05) is 27.2 Å². The van der Waals surface area contributed by atoms with E-state index < -0.39 is 0 Å². The van der Waals surface area contributed by atoms with E-state index in [0.29, 0.717) is 0 Å². The standard InChI is InChI=1S/C14H21N3O2/c1-15-9-7-13(8-10-15)16(2)11-12-3-5-14(6-4-12)17(18)19/h3-6,13H,7-11H2,1-2H3/p+2. The van der Waals surface area contributed by atoms with Gasteiger partial charge in [-0.05, 0) is 12.1 Å². The molecule has 0 amide bonds. The molecule has 19 heavy (non-hydrogen) atoms. The van der Waals surface area contributed by atoms with Crippen LogP contribution in [0.3, 0.4) is 0 Å². The number of rotatable bonds is 4. The SMILES string of the molecule is C[NH+]1CCC([NH+](C)Cc2ccc([N+](=O)[O-])cc2)CC1. The predicted octanol–water partition coefficient (Wildman–Crippen LogP) is -0.713. The molecular formula is C14H23N3O2+2. The van der Waals surface area contributed by atoms with Crippen LogP contribution in [0.5, 0.6) is 0 Å². The molecule has 1 aromatic rings. The number of likely N-dealkylation sites (tertiary alicyclic amines) is 1. The van der Waals surface area contributed by atoms with E-state index in [2.05, 4.69) is 14.1 Å². The summed E-state index contributed by atoms with van der Waals surface area (Å²) in [6.45, 7) is 3.45. The van der Waals surface area contributed by atoms with Gasteiger partial charge < -0.3 is 9.80 Å². The molecule has 0 aromatic heterocycles. The Kier molecular flexibility index (Phi) is 4.50. The molecule has 1 atom stereocenters. The van der Waals surface area contributed by atoms with Gasteiger partial charge in [-0.15, -0.1) is 0 Å². The molecule has 1 saturated heterocycles. The molecule has 2 N–H and O–H groups in total. The van der Waals surface area contributed by atoms with Gasteiger partial charge in [-0.1, -0.05) is 0 Å². The van der Waals surface area contributed by atoms with Gasteiger partial charge in [0.2, 0.25) is 0 Å². The van der Waals surface area contributed by atoms with E-state index in [0.717, 1.165) is 12.6 Å². The first-order valence-electron chi connectivity index (χ1n) is 6.93. The monoisotopic (exact) mass is 265 g/mol. The average Bonchev–Trinajstić information content (AvgIpc) is 2.40. The molecule has 0 saturated carbocycles. The van der Waals surface area contributed by atoms with Gasteiger partial charge >= 0.3 is 0 Å². The molecule has 1 heterocycles. The van der Waals surface area contributed by atoms with Crippen molar-refractivity contribution in [2.45, 2.75) is 25.4 Å². The van der Waals surface area contributed by atoms with Crippen molar-refractivity contribution in [1.29, 1.82) is 0 Å². The van der Waals surface area contributed by atoms with Crippen LogP contribution in [0.4, 0.5) is 5.69 Å². The van der Waals surface area contributed by atoms with Gasteiger partial charge in [0, 0.05) is 30.5 Å². The fourth-order valence-corrected chi connectivity index (χ4v) is 2.81. The van der Waals surface area contributed by atoms with Crippen molar-refractivity contribution in [1.82, 2.24) is 0 Å². The molecule has 104 valence electrons. The summed E-state index contributed by atoms with van der Waals surface area (Å²) in [5.74, 6) is 0. The van der Waals surface area contributed by atoms with Crippen molar-refractivity contribution in [3.63, 3.8) is 0 Å². The zero-order valence-corrected chi connectivity index (χ0v) is 11.7. The first-order chi connectivity index (χ1) is 9.06. The Hall–Kier alpha value is -1.46. The minimum absolute atomic E-state index is 0.171. The molecule has 1 aliphatic rings. The van der Waals surface area contributed by atoms with Crippen molar-refractivity contribution < 1.29 is 14.7 Å². The van der Waals surface area contributed by atoms with Gasteiger partial charge in [-0.3, -0.25) is 10.1 Å². The van der Waals surface area contributed by atoms with Crippen LogP contribution in [-0.4, -0.2) is 38.2 Å². The second-order valence-electron chi connectivity index (χ2n) is 5.68. The fraction of sp³-hybridized carbons (Fsp3) is 0.571. The third-order valence-corrected chi connectivity index (χ3v) is 4.17. The summed E-state index contributed by atoms with van der Waals surface area (Å²) in [6, 6.07) is 7.67. The second-order valence-corrected chi connectivity index (χ2v) is 5.68. The maximum absolute atomic E-state index is 10.6. The minimum atomic E-state index is -0.347. The molecular weight excluding hydrogens is 242 g/mol. The Balaban J connectivity index is 1.91. The number of non-ortho nitro benzene ring substituents is 1. The molecule has 2 rings (SSSR count). The van der Waals surface area contributed by atoms with E-state index in [-0.39, 0.29) is 10.6 Å². The Morgan fingerprint density at radius 3 is 2.42 bits per heavy atom. The van der Waals surface area contributed by atoms with E-state index in [1.165, 1.54) is 36.4 Å². The van der Waals surface area contributed by atoms with Crippen LogP contribution in [0.15, 0.2) is 24.3 Å². The van der Waals surface area contributed by atoms with Gasteiger partial charge in [0.15, 0.2) is 0 Å². The number of nitro groups is 1. The largest absolute Gasteiger partial charge is 0.337 e. The third kappa shape index (κ3) is 3.75. The average molecular weight is 265 g/mol. The lowest BCUT2D eigenvalue weighted by molar-refractivity contribution is -0.948. The quantitative estimate of drug-likeness (QED) is 0.558. The van der Waals surface area contributed by atoms with Crippen molar-refractivity contribution in [3.05, 3.63) is 39.9 Å². The van der Waals surface area contributed by atoms with Gasteiger partial charge in [0.25, 0.3) is 5.69 Å². The smallest absolute Gasteiger partial charge is 0.269 e. The predicted molar refractivity (Wildman–Crippen MR) is 73.3 cm³/mol. The number of nitrogens with zero attached hydrogens (tertiary/aromatic N) is 1. The highest BCUT2D eigenvalue weighted by Gasteiger charge is 2.25. The lowest BCUT2D eigenvalue weighted by Crippen LogP contribution is -3.17. The van der Waals surface area contributed by atoms with Crippen molar-refractivity contribution >= 4 is 5.69 Å². The van der Waals surface area contributed by atoms with Gasteiger partial charge in [-0.2, -0.15) is 0 Å². The molecule has 1 fully saturated rings. The van der Waals surface area contributed by atoms with E-state index in [9.17, 15) is 10.1 Å². The van der Waals surface area contributed by atoms with Crippen LogP contribution >= 0.6 is 0 Å². The summed E-state index contributed by atoms with van der Waals surface area (Å²) >= 11 is 0. The van der Waals surface area contributed by atoms with E-state index in [1.54, 1.807) is 17.0 Å². The van der Waals surface area contributed by atoms with E-state index in [4.69, 9.17) is 0 Å². The molecule has 0 radical (unpaired) electrons. The number of nitrogens with one attached hydrogen (secondary N) is 2. The highest BCUT2D eigenvalue weighted by Crippen LogP contribution is 2.11. The molecule has 0 spiro atoms. The summed E-state index contributed by atoms with van der Waals surface area (Å²) < 4.78 is 0. The first-order valence-corrected chi connectivity index (χ1v) is 6.93. The Morgan fingerprint density at radius 1 is 1.32 bits per heavy atom. The van der Waals surface area contributed by atoms with E-state index >= 15 is 0 Å². The van der Waals surface area contributed by atoms with Crippen LogP contribution in [0.25, 0.3) is 0 Å². The number of nitro benzene ring substituents is 1. The summed E-state index contributed by atoms with van der Waals surface area (Å²) in [4.78, 5) is 13.4. The fourth-order valence-electron chi connectivity index (χ4n) is 2.81. The molecule has 1 aromatic carbocycles. The van der Waals surface area contributed by atoms with E-state index in [1.807, 2.05) is 12.1 Å². The second kappa shape index (κ2) is 6.12. The zero-order valence-electron chi connectivity index (χ0n) is 11.7. The third-order valence-electron chi connectivity index (χ3n) is 4.17. The lowest BCUT2D eigenvalue weighted by atomic mass is 10.0. The first kappa shape index (κ1) is 14.0. The number of benzene rings is 1. The number of quaternary nitrogens is 2. The molecule has 5 nitrogen and oxygen atoms in total. The summed E-state index contributed by atoms with van der Waals surface area (Å²) in [5.41, 5.74) is 1.35. The number of hydrogen-bond donors (Lipinski definition) is 2. The Morgan fingerprint density at radius 2 is 1.89 bits per heavy atom. The van der Waals surface area contributed by atoms with Crippen LogP contribution < -0.4 is 9.80 Å². The lowest BCUT2D eigenvalue weighted by Gasteiger charge is -2.30. The topological polar surface area (TPSA) is 52.0 Å². The normalized spacial score (nSPS) is 24.9. The number of hydrogen-bond acceptors (Lipinski definition) is 2. The Labute approximate surface area is 114 Å². The maximum atomic E-state index is 10.6. The summed E-state index contributed by atoms with van der Waals surface area (Å²) in [5, 5.41) is 10.6. The van der Waals surface area contributed by atoms with Gasteiger partial charge in [0.05, 0.1) is 38.2 Å². The van der Waals surface area contributed by atoms with Crippen LogP contribution in [0.1, 0.15) is 18.4 Å². The Bertz CT molecular complexity index is 425. The molecule has 5 heteroatoms. The highest BCUT2D eigenvalue weighted by molar-refractivity contribution is 5.32. The van der Waals surface area contributed by atoms with Crippen LogP contribution in [0, 0.1) is 10.1 Å². The minimum Gasteiger partial charge on any atom is -0.337 e. The summed E-state index contributed by atoms with van der Waals surface area (Å²) in [7, 11) is 4.48. The molecule has 0 aliphatic carbocycles. The number of piperidine rings is 1. The zero-order chi connectivity index (χ0) is 13.8. The van der Waals surface area contributed by atoms with Crippen LogP contribution in [0.2, 0.25) is 0 Å². The highest BCUT2D eigenvalue weighted by atomic mass is 16.6. The molecule has 1 aliphatic heterocycles. The van der Waals surface area contributed by atoms with Crippen LogP contribution in [-0.2, 0) is 6.54 Å². The van der Waals surface area contributed by atoms with Gasteiger partial charge in [0.1, 0.15) is 6.54 Å².